The van der Waals surface area contributed by atoms with Crippen molar-refractivity contribution in [1.82, 2.24) is 0 Å². The number of nitrogens with zero attached hydrogens (tertiary/aromatic N) is 1. The first-order chi connectivity index (χ1) is 6.49. The lowest BCUT2D eigenvalue weighted by atomic mass is 10.1. The highest BCUT2D eigenvalue weighted by Crippen LogP contribution is 2.36. The Kier molecular flexibility index (Phi) is 2.87. The highest BCUT2D eigenvalue weighted by Gasteiger charge is 2.16. The number of halogens is 1. The van der Waals surface area contributed by atoms with Crippen LogP contribution in [0.25, 0.3) is 0 Å². The van der Waals surface area contributed by atoms with Gasteiger partial charge in [0.15, 0.2) is 0 Å². The lowest BCUT2D eigenvalue weighted by Gasteiger charge is -2.07. The van der Waals surface area contributed by atoms with E-state index in [1.165, 1.54) is 6.07 Å². The molecule has 0 unspecified atom stereocenters. The third-order valence-electron chi connectivity index (χ3n) is 1.65. The second-order valence-electron chi connectivity index (χ2n) is 2.48. The second kappa shape index (κ2) is 3.77. The molecule has 0 fully saturated rings. The quantitative estimate of drug-likeness (QED) is 0.671. The number of carboxylic acids is 1. The fourth-order valence-corrected chi connectivity index (χ4v) is 1.27. The molecule has 0 aromatic heterocycles. The normalized spacial score (nSPS) is 9.79. The van der Waals surface area contributed by atoms with Gasteiger partial charge in [0.25, 0.3) is 0 Å². The lowest BCUT2D eigenvalue weighted by Crippen LogP contribution is -2.04. The number of carboxylic acid groups (broad SMARTS) is 1. The Labute approximate surface area is 89.8 Å². The van der Waals surface area contributed by atoms with Crippen molar-refractivity contribution in [3.05, 3.63) is 16.7 Å². The van der Waals surface area contributed by atoms with E-state index >= 15 is 0 Å². The summed E-state index contributed by atoms with van der Waals surface area (Å²) in [6.45, 7) is 0. The van der Waals surface area contributed by atoms with Crippen molar-refractivity contribution < 1.29 is 9.90 Å². The van der Waals surface area contributed by atoms with Gasteiger partial charge in [0.05, 0.1) is 22.0 Å². The van der Waals surface area contributed by atoms with E-state index in [1.54, 1.807) is 0 Å². The number of hydrogen-bond acceptors (Lipinski definition) is 5. The average molecular weight is 232 g/mol. The van der Waals surface area contributed by atoms with Gasteiger partial charge in [-0.2, -0.15) is 4.36 Å². The Morgan fingerprint density at radius 3 is 2.50 bits per heavy atom. The summed E-state index contributed by atoms with van der Waals surface area (Å²) in [6.07, 6.45) is 0. The van der Waals surface area contributed by atoms with Crippen molar-refractivity contribution in [2.24, 2.45) is 4.36 Å². The molecule has 0 spiro atoms. The van der Waals surface area contributed by atoms with Crippen LogP contribution in [-0.2, 0) is 12.4 Å². The Hall–Kier alpha value is -1.40. The maximum Gasteiger partial charge on any atom is 0.337 e. The Balaban J connectivity index is 3.56. The number of rotatable bonds is 2. The predicted molar refractivity (Wildman–Crippen MR) is 56.7 cm³/mol. The molecule has 0 saturated heterocycles. The van der Waals surface area contributed by atoms with Gasteiger partial charge in [-0.1, -0.05) is 11.6 Å². The molecule has 1 rings (SSSR count). The molecule has 0 bridgehead atoms. The zero-order valence-electron chi connectivity index (χ0n) is 6.82. The summed E-state index contributed by atoms with van der Waals surface area (Å²) in [5.41, 5.74) is 10.9. The van der Waals surface area contributed by atoms with Gasteiger partial charge in [-0.25, -0.2) is 4.79 Å². The van der Waals surface area contributed by atoms with E-state index in [-0.39, 0.29) is 27.6 Å². The summed E-state index contributed by atoms with van der Waals surface area (Å²) in [7, 11) is 0. The Morgan fingerprint density at radius 1 is 1.50 bits per heavy atom. The zero-order chi connectivity index (χ0) is 10.9. The van der Waals surface area contributed by atoms with Crippen molar-refractivity contribution in [3.8, 4) is 0 Å². The largest absolute Gasteiger partial charge is 0.478 e. The van der Waals surface area contributed by atoms with Crippen LogP contribution in [0.2, 0.25) is 5.02 Å². The van der Waals surface area contributed by atoms with Crippen molar-refractivity contribution >= 4 is 47.1 Å². The molecule has 0 aliphatic carbocycles. The van der Waals surface area contributed by atoms with Crippen LogP contribution in [0.4, 0.5) is 17.1 Å². The van der Waals surface area contributed by atoms with E-state index in [0.717, 1.165) is 0 Å². The van der Waals surface area contributed by atoms with Crippen LogP contribution in [0, 0.1) is 0 Å². The van der Waals surface area contributed by atoms with E-state index in [2.05, 4.69) is 16.8 Å². The summed E-state index contributed by atoms with van der Waals surface area (Å²) in [5.74, 6) is -1.20. The molecule has 0 saturated carbocycles. The summed E-state index contributed by atoms with van der Waals surface area (Å²) in [5, 5.41) is 8.71. The first-order valence-corrected chi connectivity index (χ1v) is 4.17. The summed E-state index contributed by atoms with van der Waals surface area (Å²) in [4.78, 5) is 10.7. The second-order valence-corrected chi connectivity index (χ2v) is 3.04. The fourth-order valence-electron chi connectivity index (χ4n) is 0.920. The molecule has 7 heteroatoms. The molecular formula is C7H6ClN3O2S. The van der Waals surface area contributed by atoms with Gasteiger partial charge in [-0.3, -0.25) is 0 Å². The highest BCUT2D eigenvalue weighted by atomic mass is 35.5. The molecule has 14 heavy (non-hydrogen) atoms. The van der Waals surface area contributed by atoms with Crippen LogP contribution < -0.4 is 11.5 Å². The number of hydrogen-bond donors (Lipinski definition) is 3. The lowest BCUT2D eigenvalue weighted by molar-refractivity contribution is 0.0698. The summed E-state index contributed by atoms with van der Waals surface area (Å²) < 4.78 is 3.37. The van der Waals surface area contributed by atoms with Gasteiger partial charge < -0.3 is 16.6 Å². The third-order valence-corrected chi connectivity index (χ3v) is 2.25. The summed E-state index contributed by atoms with van der Waals surface area (Å²) in [6, 6.07) is 1.19. The maximum atomic E-state index is 10.7. The van der Waals surface area contributed by atoms with Crippen molar-refractivity contribution in [2.75, 3.05) is 11.5 Å². The Bertz CT molecular complexity index is 422. The Morgan fingerprint density at radius 2 is 2.07 bits per heavy atom. The van der Waals surface area contributed by atoms with Gasteiger partial charge in [0.1, 0.15) is 5.69 Å². The molecule has 0 aliphatic heterocycles. The van der Waals surface area contributed by atoms with Gasteiger partial charge in [-0.05, 0) is 6.07 Å². The predicted octanol–water partition coefficient (Wildman–Crippen LogP) is 1.56. The number of nitrogens with two attached hydrogens (primary N) is 2. The van der Waals surface area contributed by atoms with E-state index in [0.29, 0.717) is 0 Å². The minimum Gasteiger partial charge on any atom is -0.478 e. The molecule has 0 atom stereocenters. The van der Waals surface area contributed by atoms with E-state index in [4.69, 9.17) is 28.2 Å². The number of nitrogen functional groups attached to an aromatic ring is 2. The number of benzene rings is 1. The monoisotopic (exact) mass is 231 g/mol. The minimum absolute atomic E-state index is 0.0338. The fraction of sp³-hybridized carbons (Fsp3) is 0. The van der Waals surface area contributed by atoms with Crippen LogP contribution in [0.15, 0.2) is 10.4 Å². The van der Waals surface area contributed by atoms with Crippen LogP contribution >= 0.6 is 11.6 Å². The van der Waals surface area contributed by atoms with Crippen LogP contribution in [0.3, 0.4) is 0 Å². The highest BCUT2D eigenvalue weighted by molar-refractivity contribution is 7.47. The number of aromatic carboxylic acids is 1. The molecule has 1 aromatic carbocycles. The first-order valence-electron chi connectivity index (χ1n) is 3.43. The smallest absolute Gasteiger partial charge is 0.337 e. The average Bonchev–Trinajstić information content (AvgIpc) is 2.14. The van der Waals surface area contributed by atoms with E-state index in [1.807, 2.05) is 0 Å². The van der Waals surface area contributed by atoms with Crippen molar-refractivity contribution in [3.63, 3.8) is 0 Å². The number of carbonyl (C=O) groups is 1. The minimum atomic E-state index is -1.20. The SMILES string of the molecule is Nc1c(N=S)cc(C(=O)O)c(N)c1Cl. The molecule has 1 aromatic rings. The van der Waals surface area contributed by atoms with E-state index < -0.39 is 5.97 Å². The summed E-state index contributed by atoms with van der Waals surface area (Å²) >= 11 is 10.1. The molecule has 0 amide bonds. The molecule has 0 radical (unpaired) electrons. The van der Waals surface area contributed by atoms with Gasteiger partial charge >= 0.3 is 5.97 Å². The van der Waals surface area contributed by atoms with Crippen molar-refractivity contribution in [2.45, 2.75) is 0 Å². The third kappa shape index (κ3) is 1.61. The number of anilines is 2. The molecule has 0 aliphatic rings. The maximum absolute atomic E-state index is 10.7. The molecular weight excluding hydrogens is 226 g/mol. The standard InChI is InChI=1S/C7H6ClN3O2S/c8-4-5(9)2(7(12)13)1-3(11-14)6(4)10/h1H,9-10H2,(H,12,13). The molecule has 5 N–H and O–H groups in total. The van der Waals surface area contributed by atoms with E-state index in [9.17, 15) is 4.79 Å². The zero-order valence-corrected chi connectivity index (χ0v) is 8.39. The van der Waals surface area contributed by atoms with Crippen LogP contribution in [0.5, 0.6) is 0 Å². The topological polar surface area (TPSA) is 102 Å². The molecule has 0 heterocycles. The first kappa shape index (κ1) is 10.7. The van der Waals surface area contributed by atoms with Gasteiger partial charge in [0, 0.05) is 12.4 Å². The van der Waals surface area contributed by atoms with Gasteiger partial charge in [-0.15, -0.1) is 0 Å². The van der Waals surface area contributed by atoms with Crippen LogP contribution in [0.1, 0.15) is 10.4 Å². The van der Waals surface area contributed by atoms with Crippen molar-refractivity contribution in [1.29, 1.82) is 0 Å². The van der Waals surface area contributed by atoms with Crippen LogP contribution in [-0.4, -0.2) is 11.1 Å². The van der Waals surface area contributed by atoms with Gasteiger partial charge in [0.2, 0.25) is 0 Å². The molecule has 5 nitrogen and oxygen atoms in total. The molecule has 74 valence electrons.